The molecule has 1 rings (SSSR count). The highest BCUT2D eigenvalue weighted by Crippen LogP contribution is 2.37. The number of carbonyl (C=O) groups excluding carboxylic acids is 1. The molecule has 158 valence electrons. The number of carbonyl (C=O) groups is 1. The molecule has 27 heavy (non-hydrogen) atoms. The molecule has 0 aromatic carbocycles. The second kappa shape index (κ2) is 11.2. The van der Waals surface area contributed by atoms with Gasteiger partial charge in [-0.3, -0.25) is 0 Å². The molecule has 6 heteroatoms. The van der Waals surface area contributed by atoms with E-state index < -0.39 is 27.1 Å². The summed E-state index contributed by atoms with van der Waals surface area (Å²) in [7, 11) is -3.40. The van der Waals surface area contributed by atoms with Gasteiger partial charge in [-0.05, 0) is 37.2 Å². The van der Waals surface area contributed by atoms with Crippen molar-refractivity contribution < 1.29 is 23.4 Å². The Balaban J connectivity index is 2.73. The number of aliphatic hydroxyl groups is 2. The molecule has 0 aliphatic carbocycles. The smallest absolute Gasteiger partial charge is 0.156 e. The van der Waals surface area contributed by atoms with Crippen LogP contribution in [0.5, 0.6) is 0 Å². The second-order valence-electron chi connectivity index (χ2n) is 8.72. The Hall–Kier alpha value is -0.880. The fourth-order valence-corrected chi connectivity index (χ4v) is 6.11. The van der Waals surface area contributed by atoms with Gasteiger partial charge in [-0.25, -0.2) is 8.42 Å². The first kappa shape index (κ1) is 24.2. The SMILES string of the molecule is CCCCC(C)(C)CC=C(O)[C@@H]1[C@H](O)CS(=O)(=O)[C@@H]1CCCCCCC=O. The number of allylic oxidation sites excluding steroid dienone is 1. The number of sulfone groups is 1. The molecule has 1 aliphatic heterocycles. The summed E-state index contributed by atoms with van der Waals surface area (Å²) in [6.45, 7) is 6.43. The standard InChI is InChI=1S/C21H38O5S/c1-4-5-13-21(2,3)14-12-17(23)20-18(24)16-27(25,26)19(20)11-9-7-6-8-10-15-22/h12,15,18-20,23-24H,4-11,13-14,16H2,1-3H3/t18-,19-,20-/m1/s1. The van der Waals surface area contributed by atoms with Crippen LogP contribution in [0.3, 0.4) is 0 Å². The molecule has 1 heterocycles. The fourth-order valence-electron chi connectivity index (χ4n) is 3.88. The fraction of sp³-hybridized carbons (Fsp3) is 0.857. The first-order valence-electron chi connectivity index (χ1n) is 10.4. The number of hydrogen-bond donors (Lipinski definition) is 2. The molecule has 0 aromatic heterocycles. The lowest BCUT2D eigenvalue weighted by Crippen LogP contribution is -2.28. The van der Waals surface area contributed by atoms with Crippen molar-refractivity contribution in [2.45, 2.75) is 96.3 Å². The van der Waals surface area contributed by atoms with Crippen LogP contribution in [0.2, 0.25) is 0 Å². The molecular weight excluding hydrogens is 364 g/mol. The highest BCUT2D eigenvalue weighted by molar-refractivity contribution is 7.92. The zero-order valence-electron chi connectivity index (χ0n) is 17.2. The summed E-state index contributed by atoms with van der Waals surface area (Å²) in [5, 5.41) is 20.2. The van der Waals surface area contributed by atoms with Crippen LogP contribution in [0.4, 0.5) is 0 Å². The lowest BCUT2D eigenvalue weighted by atomic mass is 9.82. The van der Waals surface area contributed by atoms with Crippen LogP contribution in [-0.4, -0.2) is 42.0 Å². The molecule has 1 saturated heterocycles. The van der Waals surface area contributed by atoms with Gasteiger partial charge in [0.15, 0.2) is 9.84 Å². The van der Waals surface area contributed by atoms with E-state index in [1.54, 1.807) is 6.08 Å². The van der Waals surface area contributed by atoms with Crippen LogP contribution < -0.4 is 0 Å². The quantitative estimate of drug-likeness (QED) is 0.271. The van der Waals surface area contributed by atoms with E-state index >= 15 is 0 Å². The number of hydrogen-bond acceptors (Lipinski definition) is 5. The van der Waals surface area contributed by atoms with Gasteiger partial charge in [0.25, 0.3) is 0 Å². The molecular formula is C21H38O5S. The Bertz CT molecular complexity index is 579. The summed E-state index contributed by atoms with van der Waals surface area (Å²) in [6, 6.07) is 0. The predicted molar refractivity (Wildman–Crippen MR) is 109 cm³/mol. The van der Waals surface area contributed by atoms with Gasteiger partial charge in [-0.15, -0.1) is 0 Å². The second-order valence-corrected chi connectivity index (χ2v) is 11.0. The third kappa shape index (κ3) is 7.94. The number of unbranched alkanes of at least 4 members (excludes halogenated alkanes) is 5. The van der Waals surface area contributed by atoms with E-state index in [1.807, 2.05) is 0 Å². The number of aldehydes is 1. The third-order valence-corrected chi connectivity index (χ3v) is 7.91. The Morgan fingerprint density at radius 1 is 1.15 bits per heavy atom. The molecule has 2 N–H and O–H groups in total. The van der Waals surface area contributed by atoms with Crippen molar-refractivity contribution in [3.05, 3.63) is 11.8 Å². The predicted octanol–water partition coefficient (Wildman–Crippen LogP) is 4.35. The first-order valence-corrected chi connectivity index (χ1v) is 12.1. The van der Waals surface area contributed by atoms with Gasteiger partial charge in [0, 0.05) is 6.42 Å². The Morgan fingerprint density at radius 3 is 2.44 bits per heavy atom. The van der Waals surface area contributed by atoms with Crippen LogP contribution in [0, 0.1) is 11.3 Å². The van der Waals surface area contributed by atoms with Gasteiger partial charge in [0.05, 0.1) is 28.8 Å². The molecule has 0 spiro atoms. The summed E-state index contributed by atoms with van der Waals surface area (Å²) in [4.78, 5) is 10.3. The summed E-state index contributed by atoms with van der Waals surface area (Å²) in [5.74, 6) is -0.962. The zero-order valence-corrected chi connectivity index (χ0v) is 18.0. The van der Waals surface area contributed by atoms with E-state index in [0.717, 1.165) is 51.2 Å². The average Bonchev–Trinajstić information content (AvgIpc) is 2.82. The number of aliphatic hydroxyl groups excluding tert-OH is 2. The molecule has 0 unspecified atom stereocenters. The molecule has 0 saturated carbocycles. The van der Waals surface area contributed by atoms with E-state index in [9.17, 15) is 23.4 Å². The largest absolute Gasteiger partial charge is 0.512 e. The normalized spacial score (nSPS) is 25.6. The minimum absolute atomic E-state index is 0.0269. The molecule has 1 fully saturated rings. The van der Waals surface area contributed by atoms with Gasteiger partial charge in [-0.1, -0.05) is 52.9 Å². The van der Waals surface area contributed by atoms with Crippen LogP contribution in [-0.2, 0) is 14.6 Å². The van der Waals surface area contributed by atoms with Crippen molar-refractivity contribution in [2.24, 2.45) is 11.3 Å². The third-order valence-electron chi connectivity index (χ3n) is 5.65. The molecule has 3 atom stereocenters. The van der Waals surface area contributed by atoms with Crippen LogP contribution >= 0.6 is 0 Å². The average molecular weight is 403 g/mol. The van der Waals surface area contributed by atoms with Crippen molar-refractivity contribution >= 4 is 16.1 Å². The lowest BCUT2D eigenvalue weighted by Gasteiger charge is -2.24. The summed E-state index contributed by atoms with van der Waals surface area (Å²) >= 11 is 0. The summed E-state index contributed by atoms with van der Waals surface area (Å²) < 4.78 is 24.9. The maximum Gasteiger partial charge on any atom is 0.156 e. The van der Waals surface area contributed by atoms with E-state index in [0.29, 0.717) is 19.3 Å². The van der Waals surface area contributed by atoms with Gasteiger partial charge in [0.2, 0.25) is 0 Å². The molecule has 1 aliphatic rings. The van der Waals surface area contributed by atoms with E-state index in [2.05, 4.69) is 20.8 Å². The Labute approximate surface area is 165 Å². The molecule has 5 nitrogen and oxygen atoms in total. The van der Waals surface area contributed by atoms with Crippen molar-refractivity contribution in [1.29, 1.82) is 0 Å². The van der Waals surface area contributed by atoms with Gasteiger partial charge in [-0.2, -0.15) is 0 Å². The van der Waals surface area contributed by atoms with Crippen molar-refractivity contribution in [2.75, 3.05) is 5.75 Å². The highest BCUT2D eigenvalue weighted by Gasteiger charge is 2.47. The van der Waals surface area contributed by atoms with Gasteiger partial charge >= 0.3 is 0 Å². The molecule has 0 radical (unpaired) electrons. The maximum absolute atomic E-state index is 12.5. The highest BCUT2D eigenvalue weighted by atomic mass is 32.2. The van der Waals surface area contributed by atoms with Crippen molar-refractivity contribution in [3.8, 4) is 0 Å². The van der Waals surface area contributed by atoms with E-state index in [-0.39, 0.29) is 16.9 Å². The summed E-state index contributed by atoms with van der Waals surface area (Å²) in [6.07, 6.45) is 9.83. The minimum atomic E-state index is -3.40. The van der Waals surface area contributed by atoms with Crippen molar-refractivity contribution in [3.63, 3.8) is 0 Å². The van der Waals surface area contributed by atoms with Crippen LogP contribution in [0.25, 0.3) is 0 Å². The molecule has 0 amide bonds. The van der Waals surface area contributed by atoms with Gasteiger partial charge in [0.1, 0.15) is 6.29 Å². The number of rotatable bonds is 13. The maximum atomic E-state index is 12.5. The van der Waals surface area contributed by atoms with E-state index in [4.69, 9.17) is 0 Å². The molecule has 0 aromatic rings. The Kier molecular flexibility index (Phi) is 10.0. The Morgan fingerprint density at radius 2 is 1.81 bits per heavy atom. The first-order chi connectivity index (χ1) is 12.6. The summed E-state index contributed by atoms with van der Waals surface area (Å²) in [5.41, 5.74) is 0.0422. The monoisotopic (exact) mass is 402 g/mol. The van der Waals surface area contributed by atoms with Gasteiger partial charge < -0.3 is 15.0 Å². The molecule has 0 bridgehead atoms. The van der Waals surface area contributed by atoms with Crippen LogP contribution in [0.15, 0.2) is 11.8 Å². The van der Waals surface area contributed by atoms with Crippen LogP contribution in [0.1, 0.15) is 85.0 Å². The minimum Gasteiger partial charge on any atom is -0.512 e. The topological polar surface area (TPSA) is 91.7 Å². The lowest BCUT2D eigenvalue weighted by molar-refractivity contribution is -0.107. The van der Waals surface area contributed by atoms with E-state index in [1.165, 1.54) is 0 Å². The van der Waals surface area contributed by atoms with Crippen molar-refractivity contribution in [1.82, 2.24) is 0 Å². The zero-order chi connectivity index (χ0) is 20.5.